The van der Waals surface area contributed by atoms with Crippen molar-refractivity contribution in [2.24, 2.45) is 34.5 Å². The molecule has 0 amide bonds. The quantitative estimate of drug-likeness (QED) is 0.462. The average molecular weight is 496 g/mol. The Labute approximate surface area is 188 Å². The van der Waals surface area contributed by atoms with E-state index in [-0.39, 0.29) is 36.9 Å². The molecule has 4 fully saturated rings. The second-order valence-electron chi connectivity index (χ2n) is 10.0. The van der Waals surface area contributed by atoms with Gasteiger partial charge in [-0.15, -0.1) is 0 Å². The Morgan fingerprint density at radius 3 is 1.67 bits per heavy atom. The SMILES string of the molecule is CS(=O)(=O)OC[C@]12C3C4[C@@H]5[C@H]4[C@@H](n4c(=O)n(-c6ccccc6)c(=O)n4[C@@H]51)[C@@]32COS(C)(=O)=O. The molecule has 3 heterocycles. The first-order chi connectivity index (χ1) is 15.5. The van der Waals surface area contributed by atoms with Crippen LogP contribution in [0.3, 0.4) is 0 Å². The summed E-state index contributed by atoms with van der Waals surface area (Å²) >= 11 is 0. The van der Waals surface area contributed by atoms with Crippen molar-refractivity contribution in [3.63, 3.8) is 0 Å². The van der Waals surface area contributed by atoms with Crippen molar-refractivity contribution in [2.45, 2.75) is 12.1 Å². The minimum Gasteiger partial charge on any atom is -0.270 e. The highest BCUT2D eigenvalue weighted by atomic mass is 32.2. The molecule has 6 aliphatic rings. The van der Waals surface area contributed by atoms with Crippen LogP contribution in [0.1, 0.15) is 12.1 Å². The van der Waals surface area contributed by atoms with E-state index < -0.39 is 54.5 Å². The molecular formula is C20H21N3O8S2. The molecule has 1 aromatic heterocycles. The Kier molecular flexibility index (Phi) is 3.38. The molecule has 11 nitrogen and oxygen atoms in total. The van der Waals surface area contributed by atoms with Gasteiger partial charge in [0, 0.05) is 10.8 Å². The molecule has 8 atom stereocenters. The molecule has 0 spiro atoms. The molecule has 2 unspecified atom stereocenters. The second-order valence-corrected chi connectivity index (χ2v) is 13.3. The molecular weight excluding hydrogens is 474 g/mol. The van der Waals surface area contributed by atoms with Gasteiger partial charge in [0.05, 0.1) is 43.5 Å². The van der Waals surface area contributed by atoms with Crippen molar-refractivity contribution in [1.82, 2.24) is 13.9 Å². The smallest absolute Gasteiger partial charge is 0.270 e. The van der Waals surface area contributed by atoms with Crippen molar-refractivity contribution < 1.29 is 25.2 Å². The van der Waals surface area contributed by atoms with E-state index in [9.17, 15) is 26.4 Å². The van der Waals surface area contributed by atoms with Gasteiger partial charge in [-0.05, 0) is 35.8 Å². The summed E-state index contributed by atoms with van der Waals surface area (Å²) in [4.78, 5) is 27.1. The topological polar surface area (TPSA) is 136 Å². The standard InChI is InChI=1S/C20H21N3O8S2/c1-32(26,27)30-8-19-14-11-12-13(11)16(20(14,19)9-31-33(2,28)29)23-18(25)21(10-6-4-3-5-7-10)17(24)22(23)15(12)19/h3-7,11-16H,8-9H2,1-2H3/t11?,12-,13+,14?,15+,16-,19+,20-. The summed E-state index contributed by atoms with van der Waals surface area (Å²) in [5, 5.41) is 0. The van der Waals surface area contributed by atoms with Gasteiger partial charge in [0.15, 0.2) is 0 Å². The van der Waals surface area contributed by atoms with Crippen molar-refractivity contribution >= 4 is 20.2 Å². The third kappa shape index (κ3) is 2.09. The maximum Gasteiger partial charge on any atom is 0.352 e. The molecule has 2 bridgehead atoms. The Bertz CT molecular complexity index is 1480. The van der Waals surface area contributed by atoms with Crippen molar-refractivity contribution in [1.29, 1.82) is 0 Å². The maximum absolute atomic E-state index is 13.5. The zero-order valence-electron chi connectivity index (χ0n) is 17.7. The molecule has 0 saturated heterocycles. The summed E-state index contributed by atoms with van der Waals surface area (Å²) in [6, 6.07) is 7.71. The molecule has 2 aliphatic heterocycles. The zero-order valence-corrected chi connectivity index (χ0v) is 19.3. The molecule has 33 heavy (non-hydrogen) atoms. The minimum atomic E-state index is -3.77. The highest BCUT2D eigenvalue weighted by molar-refractivity contribution is 7.86. The van der Waals surface area contributed by atoms with Crippen molar-refractivity contribution in [2.75, 3.05) is 25.7 Å². The maximum atomic E-state index is 13.5. The molecule has 0 N–H and O–H groups in total. The lowest BCUT2D eigenvalue weighted by molar-refractivity contribution is -0.0383. The van der Waals surface area contributed by atoms with Crippen LogP contribution in [0.25, 0.3) is 5.69 Å². The van der Waals surface area contributed by atoms with E-state index in [4.69, 9.17) is 8.37 Å². The molecule has 4 aliphatic carbocycles. The van der Waals surface area contributed by atoms with Crippen LogP contribution in [0.4, 0.5) is 0 Å². The monoisotopic (exact) mass is 495 g/mol. The molecule has 0 radical (unpaired) electrons. The van der Waals surface area contributed by atoms with Gasteiger partial charge < -0.3 is 0 Å². The molecule has 4 saturated carbocycles. The van der Waals surface area contributed by atoms with Gasteiger partial charge in [-0.2, -0.15) is 16.8 Å². The lowest BCUT2D eigenvalue weighted by Gasteiger charge is -2.47. The summed E-state index contributed by atoms with van der Waals surface area (Å²) in [6.45, 7) is -0.330. The van der Waals surface area contributed by atoms with Gasteiger partial charge in [-0.1, -0.05) is 18.2 Å². The first-order valence-electron chi connectivity index (χ1n) is 10.7. The number of nitrogens with zero attached hydrogens (tertiary/aromatic N) is 3. The van der Waals surface area contributed by atoms with Crippen LogP contribution in [0.2, 0.25) is 0 Å². The van der Waals surface area contributed by atoms with E-state index in [2.05, 4.69) is 0 Å². The number of para-hydroxylation sites is 1. The predicted octanol–water partition coefficient (Wildman–Crippen LogP) is -0.659. The molecule has 1 aromatic carbocycles. The summed E-state index contributed by atoms with van der Waals surface area (Å²) < 4.78 is 62.1. The van der Waals surface area contributed by atoms with Crippen LogP contribution in [0.5, 0.6) is 0 Å². The van der Waals surface area contributed by atoms with E-state index in [1.54, 1.807) is 30.3 Å². The van der Waals surface area contributed by atoms with E-state index in [0.717, 1.165) is 17.1 Å². The molecule has 2 aromatic rings. The van der Waals surface area contributed by atoms with E-state index >= 15 is 0 Å². The van der Waals surface area contributed by atoms with Crippen molar-refractivity contribution in [3.8, 4) is 5.69 Å². The minimum absolute atomic E-state index is 0.0603. The van der Waals surface area contributed by atoms with E-state index in [1.165, 1.54) is 9.36 Å². The van der Waals surface area contributed by atoms with Gasteiger partial charge >= 0.3 is 11.4 Å². The van der Waals surface area contributed by atoms with Gasteiger partial charge in [0.2, 0.25) is 0 Å². The molecule has 176 valence electrons. The predicted molar refractivity (Wildman–Crippen MR) is 113 cm³/mol. The van der Waals surface area contributed by atoms with Crippen LogP contribution < -0.4 is 11.4 Å². The third-order valence-electron chi connectivity index (χ3n) is 8.83. The number of aromatic nitrogens is 3. The van der Waals surface area contributed by atoms with Crippen LogP contribution in [-0.4, -0.2) is 56.5 Å². The van der Waals surface area contributed by atoms with E-state index in [0.29, 0.717) is 5.69 Å². The van der Waals surface area contributed by atoms with Gasteiger partial charge in [0.1, 0.15) is 0 Å². The fraction of sp³-hybridized carbons (Fsp3) is 0.600. The number of hydrogen-bond acceptors (Lipinski definition) is 8. The van der Waals surface area contributed by atoms with Crippen molar-refractivity contribution in [3.05, 3.63) is 51.3 Å². The Morgan fingerprint density at radius 2 is 1.24 bits per heavy atom. The summed E-state index contributed by atoms with van der Waals surface area (Å²) in [5.41, 5.74) is -2.05. The highest BCUT2D eigenvalue weighted by Gasteiger charge is 3.03. The normalized spacial score (nSPS) is 40.7. The van der Waals surface area contributed by atoms with Crippen LogP contribution >= 0.6 is 0 Å². The fourth-order valence-corrected chi connectivity index (χ4v) is 9.03. The summed E-state index contributed by atoms with van der Waals surface area (Å²) in [5.74, 6) is 0.427. The molecule has 8 rings (SSSR count). The van der Waals surface area contributed by atoms with Crippen LogP contribution in [-0.2, 0) is 28.6 Å². The third-order valence-corrected chi connectivity index (χ3v) is 9.92. The zero-order chi connectivity index (χ0) is 23.3. The highest BCUT2D eigenvalue weighted by Crippen LogP contribution is 3.02. The summed E-state index contributed by atoms with van der Waals surface area (Å²) in [6.07, 6.45) is 1.93. The lowest BCUT2D eigenvalue weighted by Crippen LogP contribution is -2.55. The first-order valence-corrected chi connectivity index (χ1v) is 14.3. The fourth-order valence-electron chi connectivity index (χ4n) is 8.21. The lowest BCUT2D eigenvalue weighted by atomic mass is 9.72. The Morgan fingerprint density at radius 1 is 0.788 bits per heavy atom. The number of hydrogen-bond donors (Lipinski definition) is 0. The largest absolute Gasteiger partial charge is 0.352 e. The van der Waals surface area contributed by atoms with Gasteiger partial charge in [0.25, 0.3) is 20.2 Å². The Balaban J connectivity index is 1.44. The first kappa shape index (κ1) is 20.2. The van der Waals surface area contributed by atoms with Crippen LogP contribution in [0, 0.1) is 34.5 Å². The number of benzene rings is 1. The Hall–Kier alpha value is -2.22. The van der Waals surface area contributed by atoms with E-state index in [1.807, 2.05) is 0 Å². The second kappa shape index (κ2) is 5.53. The van der Waals surface area contributed by atoms with Crippen LogP contribution in [0.15, 0.2) is 39.9 Å². The molecule has 13 heteroatoms. The summed E-state index contributed by atoms with van der Waals surface area (Å²) in [7, 11) is -7.54. The number of rotatable bonds is 7. The van der Waals surface area contributed by atoms with Gasteiger partial charge in [-0.3, -0.25) is 8.37 Å². The van der Waals surface area contributed by atoms with Gasteiger partial charge in [-0.25, -0.2) is 23.5 Å². The average Bonchev–Trinajstić information content (AvgIpc) is 3.48.